The van der Waals surface area contributed by atoms with Gasteiger partial charge in [-0.1, -0.05) is 29.8 Å². The van der Waals surface area contributed by atoms with Crippen LogP contribution >= 0.6 is 11.6 Å². The zero-order chi connectivity index (χ0) is 21.6. The van der Waals surface area contributed by atoms with Crippen molar-refractivity contribution >= 4 is 23.4 Å². The molecule has 8 heteroatoms. The van der Waals surface area contributed by atoms with Gasteiger partial charge in [-0.25, -0.2) is 4.39 Å². The Balaban J connectivity index is 1.61. The Labute approximate surface area is 179 Å². The first-order valence-corrected chi connectivity index (χ1v) is 10.0. The Hall–Kier alpha value is -2.64. The van der Waals surface area contributed by atoms with Gasteiger partial charge < -0.3 is 20.1 Å². The highest BCUT2D eigenvalue weighted by atomic mass is 35.5. The van der Waals surface area contributed by atoms with Crippen LogP contribution in [0.5, 0.6) is 5.75 Å². The molecule has 0 aliphatic carbocycles. The van der Waals surface area contributed by atoms with Crippen molar-refractivity contribution in [3.8, 4) is 5.75 Å². The average molecular weight is 435 g/mol. The Morgan fingerprint density at radius 2 is 1.83 bits per heavy atom. The van der Waals surface area contributed by atoms with E-state index in [-0.39, 0.29) is 28.5 Å². The normalized spacial score (nSPS) is 15.3. The summed E-state index contributed by atoms with van der Waals surface area (Å²) in [5.74, 6) is -1.07. The maximum Gasteiger partial charge on any atom is 0.256 e. The van der Waals surface area contributed by atoms with Crippen LogP contribution in [0.2, 0.25) is 5.02 Å². The van der Waals surface area contributed by atoms with Gasteiger partial charge in [0, 0.05) is 25.2 Å². The topological polar surface area (TPSA) is 76.7 Å². The number of hydrogen-bond donors (Lipinski definition) is 2. The Morgan fingerprint density at radius 3 is 2.47 bits per heavy atom. The molecular formula is C22H24ClFN2O4. The van der Waals surface area contributed by atoms with Crippen LogP contribution in [0, 0.1) is 5.82 Å². The number of methoxy groups -OCH3 is 1. The lowest BCUT2D eigenvalue weighted by molar-refractivity contribution is -0.120. The minimum atomic E-state index is -0.735. The molecule has 0 bridgehead atoms. The van der Waals surface area contributed by atoms with Crippen molar-refractivity contribution in [2.75, 3.05) is 33.4 Å². The van der Waals surface area contributed by atoms with Gasteiger partial charge in [0.25, 0.3) is 5.91 Å². The number of benzene rings is 2. The van der Waals surface area contributed by atoms with E-state index in [9.17, 15) is 14.0 Å². The summed E-state index contributed by atoms with van der Waals surface area (Å²) >= 11 is 5.89. The molecule has 2 N–H and O–H groups in total. The van der Waals surface area contributed by atoms with E-state index in [1.165, 1.54) is 12.1 Å². The third kappa shape index (κ3) is 5.09. The number of halogens is 2. The molecule has 160 valence electrons. The van der Waals surface area contributed by atoms with Gasteiger partial charge in [-0.2, -0.15) is 0 Å². The minimum absolute atomic E-state index is 0.00595. The lowest BCUT2D eigenvalue weighted by Crippen LogP contribution is -2.47. The van der Waals surface area contributed by atoms with Crippen LogP contribution in [0.4, 0.5) is 4.39 Å². The van der Waals surface area contributed by atoms with Crippen molar-refractivity contribution < 1.29 is 23.5 Å². The van der Waals surface area contributed by atoms with Gasteiger partial charge >= 0.3 is 0 Å². The summed E-state index contributed by atoms with van der Waals surface area (Å²) in [6, 6.07) is 11.8. The van der Waals surface area contributed by atoms with Crippen molar-refractivity contribution in [2.24, 2.45) is 0 Å². The second-order valence-electron chi connectivity index (χ2n) is 7.18. The maximum atomic E-state index is 13.8. The summed E-state index contributed by atoms with van der Waals surface area (Å²) in [6.45, 7) is 1.32. The first-order chi connectivity index (χ1) is 14.4. The van der Waals surface area contributed by atoms with E-state index in [0.29, 0.717) is 19.8 Å². The van der Waals surface area contributed by atoms with E-state index in [2.05, 4.69) is 10.6 Å². The third-order valence-corrected chi connectivity index (χ3v) is 5.69. The zero-order valence-corrected chi connectivity index (χ0v) is 17.4. The Bertz CT molecular complexity index is 878. The van der Waals surface area contributed by atoms with Gasteiger partial charge in [0.2, 0.25) is 5.91 Å². The summed E-state index contributed by atoms with van der Waals surface area (Å²) in [6.07, 6.45) is 1.52. The monoisotopic (exact) mass is 434 g/mol. The molecule has 0 saturated carbocycles. The van der Waals surface area contributed by atoms with Crippen molar-refractivity contribution in [3.63, 3.8) is 0 Å². The highest BCUT2D eigenvalue weighted by molar-refractivity contribution is 6.33. The van der Waals surface area contributed by atoms with Crippen LogP contribution in [0.3, 0.4) is 0 Å². The minimum Gasteiger partial charge on any atom is -0.497 e. The summed E-state index contributed by atoms with van der Waals surface area (Å²) in [5.41, 5.74) is 0.555. The molecule has 1 aliphatic rings. The molecule has 2 aromatic carbocycles. The molecule has 6 nitrogen and oxygen atoms in total. The molecule has 1 fully saturated rings. The molecule has 2 amide bonds. The van der Waals surface area contributed by atoms with E-state index in [0.717, 1.165) is 30.2 Å². The molecule has 1 heterocycles. The molecule has 0 spiro atoms. The van der Waals surface area contributed by atoms with Gasteiger partial charge in [0.1, 0.15) is 11.6 Å². The van der Waals surface area contributed by atoms with Crippen LogP contribution in [0.1, 0.15) is 28.8 Å². The number of carbonyl (C=O) groups is 2. The van der Waals surface area contributed by atoms with E-state index >= 15 is 0 Å². The smallest absolute Gasteiger partial charge is 0.256 e. The second kappa shape index (κ2) is 9.91. The summed E-state index contributed by atoms with van der Waals surface area (Å²) < 4.78 is 24.6. The molecule has 1 saturated heterocycles. The number of ether oxygens (including phenoxy) is 2. The second-order valence-corrected chi connectivity index (χ2v) is 7.58. The zero-order valence-electron chi connectivity index (χ0n) is 16.7. The molecule has 3 rings (SSSR count). The number of carbonyl (C=O) groups excluding carboxylic acids is 2. The van der Waals surface area contributed by atoms with Gasteiger partial charge in [0.05, 0.1) is 24.2 Å². The molecule has 2 aromatic rings. The highest BCUT2D eigenvalue weighted by Crippen LogP contribution is 2.35. The molecular weight excluding hydrogens is 411 g/mol. The predicted molar refractivity (Wildman–Crippen MR) is 111 cm³/mol. The summed E-state index contributed by atoms with van der Waals surface area (Å²) in [4.78, 5) is 24.6. The number of hydrogen-bond acceptors (Lipinski definition) is 4. The van der Waals surface area contributed by atoms with Crippen molar-refractivity contribution in [1.82, 2.24) is 10.6 Å². The van der Waals surface area contributed by atoms with Crippen molar-refractivity contribution in [2.45, 2.75) is 18.3 Å². The SMILES string of the molecule is COc1ccc(C2(CNC(=O)CNC(=O)c3c(F)cccc3Cl)CCOCC2)cc1. The van der Waals surface area contributed by atoms with Crippen LogP contribution in [-0.4, -0.2) is 45.2 Å². The Kier molecular flexibility index (Phi) is 7.29. The first-order valence-electron chi connectivity index (χ1n) is 9.66. The summed E-state index contributed by atoms with van der Waals surface area (Å²) in [5, 5.41) is 5.30. The lowest BCUT2D eigenvalue weighted by atomic mass is 9.74. The van der Waals surface area contributed by atoms with Crippen LogP contribution in [0.15, 0.2) is 42.5 Å². The quantitative estimate of drug-likeness (QED) is 0.702. The standard InChI is InChI=1S/C22H24ClFN2O4/c1-29-16-7-5-15(6-8-16)22(9-11-30-12-10-22)14-26-19(27)13-25-21(28)20-17(23)3-2-4-18(20)24/h2-8H,9-14H2,1H3,(H,25,28)(H,26,27). The number of nitrogens with one attached hydrogen (secondary N) is 2. The van der Waals surface area contributed by atoms with Crippen molar-refractivity contribution in [1.29, 1.82) is 0 Å². The first kappa shape index (κ1) is 22.1. The number of amides is 2. The van der Waals surface area contributed by atoms with Crippen LogP contribution < -0.4 is 15.4 Å². The maximum absolute atomic E-state index is 13.8. The van der Waals surface area contributed by atoms with Crippen LogP contribution in [0.25, 0.3) is 0 Å². The van der Waals surface area contributed by atoms with E-state index in [1.54, 1.807) is 7.11 Å². The van der Waals surface area contributed by atoms with Crippen molar-refractivity contribution in [3.05, 3.63) is 64.4 Å². The number of rotatable bonds is 7. The van der Waals surface area contributed by atoms with Gasteiger partial charge in [-0.05, 0) is 42.7 Å². The van der Waals surface area contributed by atoms with Gasteiger partial charge in [0.15, 0.2) is 0 Å². The molecule has 0 radical (unpaired) electrons. The molecule has 1 aliphatic heterocycles. The summed E-state index contributed by atoms with van der Waals surface area (Å²) in [7, 11) is 1.61. The molecule has 0 unspecified atom stereocenters. The largest absolute Gasteiger partial charge is 0.497 e. The van der Waals surface area contributed by atoms with E-state index in [1.807, 2.05) is 24.3 Å². The fourth-order valence-electron chi connectivity index (χ4n) is 3.57. The third-order valence-electron chi connectivity index (χ3n) is 5.38. The molecule has 0 aromatic heterocycles. The fourth-order valence-corrected chi connectivity index (χ4v) is 3.82. The predicted octanol–water partition coefficient (Wildman–Crippen LogP) is 3.08. The van der Waals surface area contributed by atoms with E-state index < -0.39 is 11.7 Å². The molecule has 0 atom stereocenters. The molecule has 30 heavy (non-hydrogen) atoms. The van der Waals surface area contributed by atoms with Gasteiger partial charge in [-0.3, -0.25) is 9.59 Å². The van der Waals surface area contributed by atoms with Gasteiger partial charge in [-0.15, -0.1) is 0 Å². The van der Waals surface area contributed by atoms with Crippen LogP contribution in [-0.2, 0) is 14.9 Å². The fraction of sp³-hybridized carbons (Fsp3) is 0.364. The lowest BCUT2D eigenvalue weighted by Gasteiger charge is -2.38. The van der Waals surface area contributed by atoms with E-state index in [4.69, 9.17) is 21.1 Å². The Morgan fingerprint density at radius 1 is 1.13 bits per heavy atom. The average Bonchev–Trinajstić information content (AvgIpc) is 2.77. The highest BCUT2D eigenvalue weighted by Gasteiger charge is 2.35.